The van der Waals surface area contributed by atoms with E-state index in [0.29, 0.717) is 6.42 Å². The molecule has 0 fully saturated rings. The summed E-state index contributed by atoms with van der Waals surface area (Å²) in [7, 11) is -4.49. The van der Waals surface area contributed by atoms with Crippen LogP contribution < -0.4 is 6.15 Å². The molecule has 7 nitrogen and oxygen atoms in total. The fourth-order valence-electron chi connectivity index (χ4n) is 2.46. The van der Waals surface area contributed by atoms with Gasteiger partial charge in [-0.15, -0.1) is 0 Å². The Balaban J connectivity index is -0.000000362. The molecule has 0 aliphatic carbocycles. The third kappa shape index (κ3) is 50.1. The Morgan fingerprint density at radius 2 is 0.893 bits per heavy atom. The van der Waals surface area contributed by atoms with Crippen LogP contribution in [0.4, 0.5) is 0 Å². The number of rotatable bonds is 16. The predicted octanol–water partition coefficient (Wildman–Crippen LogP) is 5.10. The first-order valence-corrected chi connectivity index (χ1v) is 12.0. The van der Waals surface area contributed by atoms with Crippen molar-refractivity contribution in [2.75, 3.05) is 19.8 Å². The molecular formula is C20H48NO6S-. The van der Waals surface area contributed by atoms with Gasteiger partial charge in [-0.2, -0.15) is 0 Å². The average molecular weight is 431 g/mol. The first kappa shape index (κ1) is 35.2. The maximum atomic E-state index is 10.2. The molecule has 0 rings (SSSR count). The molecule has 0 bridgehead atoms. The minimum atomic E-state index is -4.49. The van der Waals surface area contributed by atoms with Gasteiger partial charge in [-0.1, -0.05) is 90.4 Å². The molecule has 0 heterocycles. The van der Waals surface area contributed by atoms with Crippen LogP contribution in [0.1, 0.15) is 111 Å². The van der Waals surface area contributed by atoms with Crippen molar-refractivity contribution in [3.63, 3.8) is 0 Å². The number of hydrogen-bond acceptors (Lipinski definition) is 7. The van der Waals surface area contributed by atoms with E-state index in [1.165, 1.54) is 70.6 Å². The van der Waals surface area contributed by atoms with E-state index in [1.807, 2.05) is 0 Å². The van der Waals surface area contributed by atoms with Crippen LogP contribution in [0.3, 0.4) is 0 Å². The summed E-state index contributed by atoms with van der Waals surface area (Å²) in [6.07, 6.45) is 17.4. The minimum absolute atomic E-state index is 0. The van der Waals surface area contributed by atoms with Crippen molar-refractivity contribution in [1.29, 1.82) is 0 Å². The van der Waals surface area contributed by atoms with Crippen LogP contribution in [0, 0.1) is 0 Å². The van der Waals surface area contributed by atoms with E-state index in [0.717, 1.165) is 12.8 Å². The van der Waals surface area contributed by atoms with Crippen molar-refractivity contribution < 1.29 is 27.4 Å². The molecule has 5 N–H and O–H groups in total. The summed E-state index contributed by atoms with van der Waals surface area (Å²) in [5.74, 6) is 0. The lowest BCUT2D eigenvalue weighted by atomic mass is 10.0. The molecule has 0 radical (unpaired) electrons. The summed E-state index contributed by atoms with van der Waals surface area (Å²) in [4.78, 5) is 0. The topological polar surface area (TPSA) is 142 Å². The van der Waals surface area contributed by atoms with Gasteiger partial charge in [0.1, 0.15) is 0 Å². The monoisotopic (exact) mass is 430 g/mol. The van der Waals surface area contributed by atoms with Crippen molar-refractivity contribution in [3.05, 3.63) is 0 Å². The highest BCUT2D eigenvalue weighted by Gasteiger charge is 1.96. The molecule has 0 aliphatic rings. The SMILES string of the molecule is CCCCCCCCCCCCCCCCOS(=O)(=O)[O-].CCO.CCO.N. The maximum absolute atomic E-state index is 10.2. The number of hydrogen-bond donors (Lipinski definition) is 3. The Bertz CT molecular complexity index is 338. The quantitative estimate of drug-likeness (QED) is 0.175. The van der Waals surface area contributed by atoms with E-state index in [-0.39, 0.29) is 26.0 Å². The normalized spacial score (nSPS) is 10.2. The van der Waals surface area contributed by atoms with Crippen LogP contribution in [0.15, 0.2) is 0 Å². The maximum Gasteiger partial charge on any atom is 0.217 e. The Kier molecular flexibility index (Phi) is 39.5. The number of unbranched alkanes of at least 4 members (excludes halogenated alkanes) is 13. The molecule has 0 aromatic rings. The Hall–Kier alpha value is -0.250. The van der Waals surface area contributed by atoms with Crippen LogP contribution in [-0.4, -0.2) is 43.0 Å². The average Bonchev–Trinajstić information content (AvgIpc) is 2.59. The zero-order valence-electron chi connectivity index (χ0n) is 18.7. The van der Waals surface area contributed by atoms with Gasteiger partial charge >= 0.3 is 0 Å². The summed E-state index contributed by atoms with van der Waals surface area (Å²) < 4.78 is 34.7. The van der Waals surface area contributed by atoms with E-state index in [9.17, 15) is 13.0 Å². The van der Waals surface area contributed by atoms with Gasteiger partial charge in [0.15, 0.2) is 0 Å². The molecule has 0 amide bonds. The largest absolute Gasteiger partial charge is 0.726 e. The zero-order valence-corrected chi connectivity index (χ0v) is 19.5. The van der Waals surface area contributed by atoms with Crippen molar-refractivity contribution in [3.8, 4) is 0 Å². The van der Waals surface area contributed by atoms with Gasteiger partial charge in [-0.3, -0.25) is 4.18 Å². The molecule has 0 unspecified atom stereocenters. The molecule has 8 heteroatoms. The first-order valence-electron chi connectivity index (χ1n) is 10.7. The van der Waals surface area contributed by atoms with Crippen LogP contribution in [0.5, 0.6) is 0 Å². The highest BCUT2D eigenvalue weighted by Crippen LogP contribution is 2.12. The molecule has 176 valence electrons. The Morgan fingerprint density at radius 1 is 0.643 bits per heavy atom. The van der Waals surface area contributed by atoms with E-state index in [2.05, 4.69) is 11.1 Å². The lowest BCUT2D eigenvalue weighted by molar-refractivity contribution is 0.255. The highest BCUT2D eigenvalue weighted by atomic mass is 32.3. The molecule has 0 saturated heterocycles. The van der Waals surface area contributed by atoms with Gasteiger partial charge in [0.25, 0.3) is 0 Å². The summed E-state index contributed by atoms with van der Waals surface area (Å²) in [6.45, 7) is 6.14. The fraction of sp³-hybridized carbons (Fsp3) is 1.00. The van der Waals surface area contributed by atoms with E-state index in [1.54, 1.807) is 13.8 Å². The molecule has 0 atom stereocenters. The van der Waals surface area contributed by atoms with Crippen molar-refractivity contribution in [1.82, 2.24) is 6.15 Å². The van der Waals surface area contributed by atoms with Crippen LogP contribution in [0.25, 0.3) is 0 Å². The van der Waals surface area contributed by atoms with Crippen molar-refractivity contribution >= 4 is 10.4 Å². The van der Waals surface area contributed by atoms with E-state index in [4.69, 9.17) is 10.2 Å². The second kappa shape index (κ2) is 31.4. The zero-order chi connectivity index (χ0) is 21.2. The molecule has 0 aliphatic heterocycles. The van der Waals surface area contributed by atoms with Gasteiger partial charge in [-0.05, 0) is 20.3 Å². The van der Waals surface area contributed by atoms with Crippen LogP contribution >= 0.6 is 0 Å². The van der Waals surface area contributed by atoms with Gasteiger partial charge in [-0.25, -0.2) is 8.42 Å². The predicted molar refractivity (Wildman–Crippen MR) is 117 cm³/mol. The smallest absolute Gasteiger partial charge is 0.217 e. The second-order valence-electron chi connectivity index (χ2n) is 6.46. The van der Waals surface area contributed by atoms with Crippen LogP contribution in [0.2, 0.25) is 0 Å². The van der Waals surface area contributed by atoms with Crippen molar-refractivity contribution in [2.24, 2.45) is 0 Å². The molecule has 0 aromatic heterocycles. The van der Waals surface area contributed by atoms with Gasteiger partial charge < -0.3 is 20.9 Å². The summed E-state index contributed by atoms with van der Waals surface area (Å²) in [5, 5.41) is 15.1. The van der Waals surface area contributed by atoms with Crippen molar-refractivity contribution in [2.45, 2.75) is 111 Å². The lowest BCUT2D eigenvalue weighted by Crippen LogP contribution is -2.05. The summed E-state index contributed by atoms with van der Waals surface area (Å²) >= 11 is 0. The first-order chi connectivity index (χ1) is 12.9. The molecule has 28 heavy (non-hydrogen) atoms. The minimum Gasteiger partial charge on any atom is -0.726 e. The standard InChI is InChI=1S/C16H34O4S.2C2H6O.H3N/c1-2-3-4-5-6-7-8-9-10-11-12-13-14-15-16-20-21(17,18)19;2*1-2-3;/h2-16H2,1H3,(H,17,18,19);2*3H,2H2,1H3;1H3/p-1. The lowest BCUT2D eigenvalue weighted by Gasteiger charge is -2.07. The summed E-state index contributed by atoms with van der Waals surface area (Å²) in [5.41, 5.74) is 0. The molecule has 0 aromatic carbocycles. The molecule has 0 saturated carbocycles. The number of aliphatic hydroxyl groups excluding tert-OH is 2. The van der Waals surface area contributed by atoms with Crippen LogP contribution in [-0.2, 0) is 14.6 Å². The Labute approximate surface area is 174 Å². The third-order valence-corrected chi connectivity index (χ3v) is 4.18. The van der Waals surface area contributed by atoms with Gasteiger partial charge in [0, 0.05) is 13.2 Å². The van der Waals surface area contributed by atoms with Gasteiger partial charge in [0.05, 0.1) is 6.61 Å². The van der Waals surface area contributed by atoms with Gasteiger partial charge in [0.2, 0.25) is 10.4 Å². The van der Waals surface area contributed by atoms with E-state index >= 15 is 0 Å². The number of aliphatic hydroxyl groups is 2. The molecule has 0 spiro atoms. The van der Waals surface area contributed by atoms with E-state index < -0.39 is 10.4 Å². The second-order valence-corrected chi connectivity index (χ2v) is 7.51. The summed E-state index contributed by atoms with van der Waals surface area (Å²) in [6, 6.07) is 0. The fourth-order valence-corrected chi connectivity index (χ4v) is 2.78. The highest BCUT2D eigenvalue weighted by molar-refractivity contribution is 7.80. The molecular weight excluding hydrogens is 382 g/mol. The Morgan fingerprint density at radius 3 is 1.14 bits per heavy atom. The third-order valence-electron chi connectivity index (χ3n) is 3.73.